The van der Waals surface area contributed by atoms with Crippen molar-refractivity contribution in [3.63, 3.8) is 0 Å². The lowest BCUT2D eigenvalue weighted by atomic mass is 10.7. The largest absolute Gasteiger partial charge is 0.338 e. The summed E-state index contributed by atoms with van der Waals surface area (Å²) < 4.78 is 2.61. The van der Waals surface area contributed by atoms with Crippen molar-refractivity contribution < 1.29 is 0 Å². The molecule has 2 N–H and O–H groups in total. The highest BCUT2D eigenvalue weighted by Crippen LogP contribution is 2.07. The van der Waals surface area contributed by atoms with E-state index >= 15 is 0 Å². The van der Waals surface area contributed by atoms with Gasteiger partial charge in [-0.2, -0.15) is 0 Å². The van der Waals surface area contributed by atoms with Crippen molar-refractivity contribution in [2.75, 3.05) is 11.5 Å². The molecule has 10 heteroatoms. The lowest BCUT2D eigenvalue weighted by Gasteiger charge is -2.04. The van der Waals surface area contributed by atoms with E-state index in [1.54, 1.807) is 0 Å². The van der Waals surface area contributed by atoms with Gasteiger partial charge >= 0.3 is 11.4 Å². The molecule has 0 saturated carbocycles. The molecule has 0 aliphatic rings. The van der Waals surface area contributed by atoms with Gasteiger partial charge in [0, 0.05) is 36.0 Å². The number of hydrogen-bond donors (Lipinski definition) is 2. The number of H-pyrrole nitrogens is 2. The van der Waals surface area contributed by atoms with Crippen molar-refractivity contribution >= 4 is 23.9 Å². The van der Waals surface area contributed by atoms with Crippen LogP contribution in [-0.4, -0.2) is 29.4 Å². The standard InChI is InChI=1S/C10H10N4O4S2/c15-7-1-3-13(9(17)11-7)19-5-6-20-14-4-2-8(16)12-10(14)18/h1-4H,5-6H2,(H,11,15,17)(H,12,16,18). The third kappa shape index (κ3) is 3.78. The fourth-order valence-electron chi connectivity index (χ4n) is 1.29. The van der Waals surface area contributed by atoms with Crippen molar-refractivity contribution in [1.82, 2.24) is 17.9 Å². The van der Waals surface area contributed by atoms with Crippen LogP contribution in [0.3, 0.4) is 0 Å². The van der Waals surface area contributed by atoms with E-state index in [0.717, 1.165) is 0 Å². The van der Waals surface area contributed by atoms with E-state index < -0.39 is 22.5 Å². The SMILES string of the molecule is O=c1ccn(SCCSn2ccc(=O)[nH]c2=O)c(=O)[nH]1. The van der Waals surface area contributed by atoms with E-state index in [-0.39, 0.29) is 0 Å². The van der Waals surface area contributed by atoms with E-state index in [2.05, 4.69) is 9.97 Å². The van der Waals surface area contributed by atoms with Crippen LogP contribution in [0.2, 0.25) is 0 Å². The Bertz CT molecular complexity index is 749. The van der Waals surface area contributed by atoms with Gasteiger partial charge < -0.3 is 0 Å². The summed E-state index contributed by atoms with van der Waals surface area (Å²) in [7, 11) is 0. The second-order valence-corrected chi connectivity index (χ2v) is 5.66. The van der Waals surface area contributed by atoms with Crippen LogP contribution >= 0.6 is 23.9 Å². The Morgan fingerprint density at radius 1 is 0.800 bits per heavy atom. The van der Waals surface area contributed by atoms with Crippen LogP contribution < -0.4 is 22.5 Å². The highest BCUT2D eigenvalue weighted by atomic mass is 32.2. The molecule has 0 bridgehead atoms. The first-order chi connectivity index (χ1) is 9.56. The second-order valence-electron chi connectivity index (χ2n) is 3.54. The summed E-state index contributed by atoms with van der Waals surface area (Å²) in [6.07, 6.45) is 2.78. The second kappa shape index (κ2) is 6.48. The fraction of sp³-hybridized carbons (Fsp3) is 0.200. The van der Waals surface area contributed by atoms with E-state index in [9.17, 15) is 19.2 Å². The third-order valence-corrected chi connectivity index (χ3v) is 4.29. The summed E-state index contributed by atoms with van der Waals surface area (Å²) in [5.74, 6) is 1.09. The molecule has 8 nitrogen and oxygen atoms in total. The molecule has 2 heterocycles. The Hall–Kier alpha value is -1.94. The van der Waals surface area contributed by atoms with Gasteiger partial charge in [0.25, 0.3) is 11.1 Å². The van der Waals surface area contributed by atoms with Crippen LogP contribution in [0.4, 0.5) is 0 Å². The first-order valence-corrected chi connectivity index (χ1v) is 7.35. The quantitative estimate of drug-likeness (QED) is 0.691. The van der Waals surface area contributed by atoms with Gasteiger partial charge in [-0.3, -0.25) is 19.6 Å². The fourth-order valence-corrected chi connectivity index (χ4v) is 2.89. The third-order valence-electron chi connectivity index (χ3n) is 2.13. The van der Waals surface area contributed by atoms with Gasteiger partial charge in [0.1, 0.15) is 0 Å². The van der Waals surface area contributed by atoms with Gasteiger partial charge in [-0.15, -0.1) is 0 Å². The predicted octanol–water partition coefficient (Wildman–Crippen LogP) is -0.921. The number of nitrogens with zero attached hydrogens (tertiary/aromatic N) is 2. The maximum absolute atomic E-state index is 11.4. The summed E-state index contributed by atoms with van der Waals surface area (Å²) in [6.45, 7) is 0. The molecule has 0 atom stereocenters. The molecule has 0 aliphatic heterocycles. The van der Waals surface area contributed by atoms with Gasteiger partial charge in [-0.25, -0.2) is 17.5 Å². The molecule has 0 unspecified atom stereocenters. The monoisotopic (exact) mass is 314 g/mol. The smallest absolute Gasteiger partial charge is 0.273 e. The van der Waals surface area contributed by atoms with Crippen molar-refractivity contribution in [3.05, 3.63) is 66.2 Å². The Balaban J connectivity index is 1.90. The molecule has 106 valence electrons. The summed E-state index contributed by atoms with van der Waals surface area (Å²) in [4.78, 5) is 48.8. The maximum Gasteiger partial charge on any atom is 0.338 e. The summed E-state index contributed by atoms with van der Waals surface area (Å²) in [5, 5.41) is 0. The molecule has 0 spiro atoms. The van der Waals surface area contributed by atoms with Crippen molar-refractivity contribution in [2.45, 2.75) is 0 Å². The Labute approximate surface area is 120 Å². The lowest BCUT2D eigenvalue weighted by Crippen LogP contribution is -2.26. The van der Waals surface area contributed by atoms with Crippen LogP contribution in [0.15, 0.2) is 43.7 Å². The van der Waals surface area contributed by atoms with E-state index in [1.165, 1.54) is 56.4 Å². The predicted molar refractivity (Wildman–Crippen MR) is 78.4 cm³/mol. The molecule has 0 saturated heterocycles. The summed E-state index contributed by atoms with van der Waals surface area (Å²) >= 11 is 2.42. The minimum absolute atomic E-state index is 0.444. The number of aromatic nitrogens is 4. The highest BCUT2D eigenvalue weighted by Gasteiger charge is 2.00. The molecular formula is C10H10N4O4S2. The molecule has 0 aliphatic carbocycles. The zero-order chi connectivity index (χ0) is 14.5. The molecule has 0 amide bonds. The van der Waals surface area contributed by atoms with Gasteiger partial charge in [-0.05, 0) is 23.9 Å². The first kappa shape index (κ1) is 14.5. The molecule has 2 aromatic heterocycles. The van der Waals surface area contributed by atoms with Gasteiger partial charge in [-0.1, -0.05) is 0 Å². The molecule has 0 radical (unpaired) electrons. The Morgan fingerprint density at radius 2 is 1.20 bits per heavy atom. The zero-order valence-electron chi connectivity index (χ0n) is 10.1. The van der Waals surface area contributed by atoms with E-state index in [0.29, 0.717) is 11.5 Å². The van der Waals surface area contributed by atoms with Crippen molar-refractivity contribution in [3.8, 4) is 0 Å². The van der Waals surface area contributed by atoms with Crippen LogP contribution in [0.25, 0.3) is 0 Å². The van der Waals surface area contributed by atoms with Gasteiger partial charge in [0.15, 0.2) is 0 Å². The number of hydrogen-bond acceptors (Lipinski definition) is 6. The topological polar surface area (TPSA) is 110 Å². The zero-order valence-corrected chi connectivity index (χ0v) is 11.7. The minimum Gasteiger partial charge on any atom is -0.273 e. The van der Waals surface area contributed by atoms with Crippen LogP contribution in [0.1, 0.15) is 0 Å². The molecule has 2 aromatic rings. The highest BCUT2D eigenvalue weighted by molar-refractivity contribution is 8.01. The van der Waals surface area contributed by atoms with Gasteiger partial charge in [0.05, 0.1) is 0 Å². The van der Waals surface area contributed by atoms with Gasteiger partial charge in [0.2, 0.25) is 0 Å². The van der Waals surface area contributed by atoms with E-state index in [4.69, 9.17) is 0 Å². The number of nitrogens with one attached hydrogen (secondary N) is 2. The van der Waals surface area contributed by atoms with Crippen LogP contribution in [0, 0.1) is 0 Å². The summed E-state index contributed by atoms with van der Waals surface area (Å²) in [6, 6.07) is 2.52. The Kier molecular flexibility index (Phi) is 4.69. The van der Waals surface area contributed by atoms with Crippen LogP contribution in [-0.2, 0) is 0 Å². The number of rotatable bonds is 5. The number of aromatic amines is 2. The normalized spacial score (nSPS) is 10.6. The van der Waals surface area contributed by atoms with Crippen LogP contribution in [0.5, 0.6) is 0 Å². The molecule has 0 aromatic carbocycles. The van der Waals surface area contributed by atoms with Crippen molar-refractivity contribution in [1.29, 1.82) is 0 Å². The molecule has 0 fully saturated rings. The summed E-state index contributed by atoms with van der Waals surface area (Å²) in [5.41, 5.74) is -1.87. The molecule has 20 heavy (non-hydrogen) atoms. The van der Waals surface area contributed by atoms with Crippen molar-refractivity contribution in [2.24, 2.45) is 0 Å². The average Bonchev–Trinajstić information content (AvgIpc) is 2.39. The molecular weight excluding hydrogens is 304 g/mol. The molecule has 2 rings (SSSR count). The average molecular weight is 314 g/mol. The minimum atomic E-state index is -0.492. The lowest BCUT2D eigenvalue weighted by molar-refractivity contribution is 0.984. The maximum atomic E-state index is 11.4. The Morgan fingerprint density at radius 3 is 1.55 bits per heavy atom. The first-order valence-electron chi connectivity index (χ1n) is 5.47. The van der Waals surface area contributed by atoms with E-state index in [1.807, 2.05) is 0 Å².